The van der Waals surface area contributed by atoms with Crippen LogP contribution in [0.15, 0.2) is 30.3 Å². The molecule has 176 valence electrons. The molecular formula is C21H31N5O6. The minimum Gasteiger partial charge on any atom is -0.480 e. The highest BCUT2D eigenvalue weighted by Gasteiger charge is 2.31. The van der Waals surface area contributed by atoms with Crippen LogP contribution < -0.4 is 27.4 Å². The van der Waals surface area contributed by atoms with Crippen molar-refractivity contribution in [2.24, 2.45) is 17.4 Å². The molecule has 0 bridgehead atoms. The molecule has 4 atom stereocenters. The number of carbonyl (C=O) groups is 5. The summed E-state index contributed by atoms with van der Waals surface area (Å²) in [6.07, 6.45) is -0.457. The van der Waals surface area contributed by atoms with Crippen molar-refractivity contribution in [1.82, 2.24) is 16.0 Å². The van der Waals surface area contributed by atoms with Crippen molar-refractivity contribution >= 4 is 29.6 Å². The van der Waals surface area contributed by atoms with Gasteiger partial charge in [0.1, 0.15) is 18.1 Å². The average Bonchev–Trinajstić information content (AvgIpc) is 2.70. The van der Waals surface area contributed by atoms with E-state index in [1.807, 2.05) is 0 Å². The Morgan fingerprint density at radius 3 is 1.88 bits per heavy atom. The first-order valence-corrected chi connectivity index (χ1v) is 10.1. The fourth-order valence-corrected chi connectivity index (χ4v) is 2.81. The minimum absolute atomic E-state index is 0.0490. The van der Waals surface area contributed by atoms with Gasteiger partial charge in [-0.15, -0.1) is 0 Å². The van der Waals surface area contributed by atoms with Crippen LogP contribution in [0.25, 0.3) is 0 Å². The van der Waals surface area contributed by atoms with Crippen LogP contribution in [0.5, 0.6) is 0 Å². The molecule has 0 spiro atoms. The van der Waals surface area contributed by atoms with Gasteiger partial charge in [0.25, 0.3) is 0 Å². The standard InChI is InChI=1S/C21H31N5O6/c1-11(2)17(21(31)32)26-20(30)14(9-13-7-5-4-6-8-13)25-19(29)15(10-16(23)27)24-18(28)12(3)22/h4-8,11-12,14-15,17H,9-10,22H2,1-3H3,(H2,23,27)(H,24,28)(H,25,29)(H,26,30)(H,31,32). The second kappa shape index (κ2) is 12.4. The topological polar surface area (TPSA) is 194 Å². The number of aliphatic carboxylic acids is 1. The molecule has 32 heavy (non-hydrogen) atoms. The fraction of sp³-hybridized carbons (Fsp3) is 0.476. The van der Waals surface area contributed by atoms with E-state index in [1.165, 1.54) is 6.92 Å². The van der Waals surface area contributed by atoms with Crippen molar-refractivity contribution in [2.75, 3.05) is 0 Å². The summed E-state index contributed by atoms with van der Waals surface area (Å²) >= 11 is 0. The Morgan fingerprint density at radius 2 is 1.41 bits per heavy atom. The van der Waals surface area contributed by atoms with E-state index in [4.69, 9.17) is 11.5 Å². The zero-order valence-corrected chi connectivity index (χ0v) is 18.3. The Balaban J connectivity index is 3.12. The lowest BCUT2D eigenvalue weighted by Gasteiger charge is -2.25. The van der Waals surface area contributed by atoms with E-state index in [2.05, 4.69) is 16.0 Å². The SMILES string of the molecule is CC(N)C(=O)NC(CC(N)=O)C(=O)NC(Cc1ccccc1)C(=O)NC(C(=O)O)C(C)C. The van der Waals surface area contributed by atoms with Crippen molar-refractivity contribution in [2.45, 2.75) is 57.8 Å². The molecule has 0 aromatic heterocycles. The Morgan fingerprint density at radius 1 is 0.875 bits per heavy atom. The predicted molar refractivity (Wildman–Crippen MR) is 116 cm³/mol. The molecule has 11 nitrogen and oxygen atoms in total. The molecule has 0 saturated heterocycles. The molecule has 4 amide bonds. The molecule has 0 aliphatic rings. The Kier molecular flexibility index (Phi) is 10.3. The minimum atomic E-state index is -1.35. The lowest BCUT2D eigenvalue weighted by atomic mass is 10.0. The first-order chi connectivity index (χ1) is 14.9. The predicted octanol–water partition coefficient (Wildman–Crippen LogP) is -1.35. The van der Waals surface area contributed by atoms with E-state index in [0.29, 0.717) is 5.56 Å². The molecule has 0 radical (unpaired) electrons. The number of primary amides is 1. The summed E-state index contributed by atoms with van der Waals surface area (Å²) in [5, 5.41) is 16.6. The van der Waals surface area contributed by atoms with E-state index in [-0.39, 0.29) is 6.42 Å². The summed E-state index contributed by atoms with van der Waals surface area (Å²) in [6.45, 7) is 4.67. The summed E-state index contributed by atoms with van der Waals surface area (Å²) in [5.41, 5.74) is 11.4. The molecule has 0 fully saturated rings. The molecule has 0 heterocycles. The van der Waals surface area contributed by atoms with Crippen LogP contribution in [-0.4, -0.2) is 58.9 Å². The van der Waals surface area contributed by atoms with Crippen molar-refractivity contribution < 1.29 is 29.1 Å². The van der Waals surface area contributed by atoms with Gasteiger partial charge in [-0.2, -0.15) is 0 Å². The van der Waals surface area contributed by atoms with Crippen LogP contribution in [0.4, 0.5) is 0 Å². The summed E-state index contributed by atoms with van der Waals surface area (Å²) in [4.78, 5) is 60.5. The van der Waals surface area contributed by atoms with Crippen LogP contribution in [0.3, 0.4) is 0 Å². The zero-order chi connectivity index (χ0) is 24.4. The van der Waals surface area contributed by atoms with Gasteiger partial charge in [0.05, 0.1) is 12.5 Å². The van der Waals surface area contributed by atoms with Gasteiger partial charge in [-0.3, -0.25) is 19.2 Å². The molecular weight excluding hydrogens is 418 g/mol. The Bertz CT molecular complexity index is 827. The number of carbonyl (C=O) groups excluding carboxylic acids is 4. The van der Waals surface area contributed by atoms with E-state index in [1.54, 1.807) is 44.2 Å². The van der Waals surface area contributed by atoms with Gasteiger partial charge < -0.3 is 32.5 Å². The first kappa shape index (κ1) is 26.6. The van der Waals surface area contributed by atoms with Crippen molar-refractivity contribution in [3.63, 3.8) is 0 Å². The van der Waals surface area contributed by atoms with Crippen LogP contribution in [0.2, 0.25) is 0 Å². The second-order valence-corrected chi connectivity index (χ2v) is 7.84. The van der Waals surface area contributed by atoms with Crippen molar-refractivity contribution in [3.8, 4) is 0 Å². The van der Waals surface area contributed by atoms with Crippen LogP contribution >= 0.6 is 0 Å². The highest BCUT2D eigenvalue weighted by Crippen LogP contribution is 2.07. The maximum absolute atomic E-state index is 12.9. The van der Waals surface area contributed by atoms with Gasteiger partial charge in [-0.1, -0.05) is 44.2 Å². The van der Waals surface area contributed by atoms with Gasteiger partial charge in [0.2, 0.25) is 23.6 Å². The lowest BCUT2D eigenvalue weighted by molar-refractivity contribution is -0.143. The van der Waals surface area contributed by atoms with Gasteiger partial charge in [-0.25, -0.2) is 4.79 Å². The second-order valence-electron chi connectivity index (χ2n) is 7.84. The molecule has 1 aromatic carbocycles. The maximum atomic E-state index is 12.9. The number of rotatable bonds is 12. The van der Waals surface area contributed by atoms with Gasteiger partial charge >= 0.3 is 5.97 Å². The third-order valence-corrected chi connectivity index (χ3v) is 4.60. The van der Waals surface area contributed by atoms with Gasteiger partial charge in [0, 0.05) is 6.42 Å². The highest BCUT2D eigenvalue weighted by molar-refractivity contribution is 5.96. The number of hydrogen-bond acceptors (Lipinski definition) is 6. The molecule has 8 N–H and O–H groups in total. The summed E-state index contributed by atoms with van der Waals surface area (Å²) < 4.78 is 0. The molecule has 0 aliphatic heterocycles. The number of carboxylic acid groups (broad SMARTS) is 1. The van der Waals surface area contributed by atoms with Crippen LogP contribution in [0.1, 0.15) is 32.8 Å². The number of hydrogen-bond donors (Lipinski definition) is 6. The van der Waals surface area contributed by atoms with Crippen molar-refractivity contribution in [3.05, 3.63) is 35.9 Å². The average molecular weight is 450 g/mol. The summed E-state index contributed by atoms with van der Waals surface area (Å²) in [6, 6.07) is 4.12. The summed E-state index contributed by atoms with van der Waals surface area (Å²) in [5.74, 6) is -4.69. The largest absolute Gasteiger partial charge is 0.480 e. The Hall–Kier alpha value is -3.47. The number of nitrogens with one attached hydrogen (secondary N) is 3. The Labute approximate surface area is 186 Å². The molecule has 4 unspecified atom stereocenters. The number of amides is 4. The number of nitrogens with two attached hydrogens (primary N) is 2. The number of carboxylic acids is 1. The van der Waals surface area contributed by atoms with E-state index >= 15 is 0 Å². The number of benzene rings is 1. The third-order valence-electron chi connectivity index (χ3n) is 4.60. The van der Waals surface area contributed by atoms with Gasteiger partial charge in [0.15, 0.2) is 0 Å². The van der Waals surface area contributed by atoms with E-state index in [9.17, 15) is 29.1 Å². The van der Waals surface area contributed by atoms with E-state index in [0.717, 1.165) is 0 Å². The molecule has 1 aromatic rings. The lowest BCUT2D eigenvalue weighted by Crippen LogP contribution is -2.58. The molecule has 1 rings (SSSR count). The van der Waals surface area contributed by atoms with E-state index < -0.39 is 66.1 Å². The summed E-state index contributed by atoms with van der Waals surface area (Å²) in [7, 11) is 0. The maximum Gasteiger partial charge on any atom is 0.326 e. The molecule has 11 heteroatoms. The van der Waals surface area contributed by atoms with Crippen LogP contribution in [0, 0.1) is 5.92 Å². The van der Waals surface area contributed by atoms with Crippen LogP contribution in [-0.2, 0) is 30.4 Å². The normalized spacial score (nSPS) is 14.5. The highest BCUT2D eigenvalue weighted by atomic mass is 16.4. The van der Waals surface area contributed by atoms with Crippen molar-refractivity contribution in [1.29, 1.82) is 0 Å². The monoisotopic (exact) mass is 449 g/mol. The smallest absolute Gasteiger partial charge is 0.326 e. The molecule has 0 aliphatic carbocycles. The first-order valence-electron chi connectivity index (χ1n) is 10.1. The van der Waals surface area contributed by atoms with Gasteiger partial charge in [-0.05, 0) is 18.4 Å². The quantitative estimate of drug-likeness (QED) is 0.227. The third kappa shape index (κ3) is 8.72. The molecule has 0 saturated carbocycles. The zero-order valence-electron chi connectivity index (χ0n) is 18.3. The fourth-order valence-electron chi connectivity index (χ4n) is 2.81.